The number of anilines is 3. The van der Waals surface area contributed by atoms with E-state index >= 15 is 0 Å². The summed E-state index contributed by atoms with van der Waals surface area (Å²) >= 11 is 0. The van der Waals surface area contributed by atoms with Crippen LogP contribution >= 0.6 is 0 Å². The van der Waals surface area contributed by atoms with Gasteiger partial charge in [0.1, 0.15) is 0 Å². The Bertz CT molecular complexity index is 3180. The molecule has 1 N–H and O–H groups in total. The average Bonchev–Trinajstić information content (AvgIpc) is 3.76. The Kier molecular flexibility index (Phi) is 8.39. The number of aromatic nitrogens is 1. The van der Waals surface area contributed by atoms with Gasteiger partial charge in [-0.2, -0.15) is 0 Å². The van der Waals surface area contributed by atoms with Crippen LogP contribution in [0.3, 0.4) is 0 Å². The molecule has 12 rings (SSSR count). The van der Waals surface area contributed by atoms with Gasteiger partial charge in [0.25, 0.3) is 0 Å². The second kappa shape index (κ2) is 14.1. The van der Waals surface area contributed by atoms with Crippen molar-refractivity contribution in [3.63, 3.8) is 0 Å². The molecule has 0 amide bonds. The van der Waals surface area contributed by atoms with Gasteiger partial charge in [-0.3, -0.25) is 4.90 Å². The van der Waals surface area contributed by atoms with Crippen LogP contribution in [0.4, 0.5) is 17.1 Å². The number of benzene rings is 7. The molecule has 4 nitrogen and oxygen atoms in total. The summed E-state index contributed by atoms with van der Waals surface area (Å²) < 4.78 is 2.59. The van der Waals surface area contributed by atoms with Crippen LogP contribution in [0.15, 0.2) is 193 Å². The molecule has 1 aromatic heterocycles. The van der Waals surface area contributed by atoms with Crippen molar-refractivity contribution in [2.75, 3.05) is 17.3 Å². The number of rotatable bonds is 5. The number of fused-ring (bicyclic) bond motifs is 8. The summed E-state index contributed by atoms with van der Waals surface area (Å²) in [6, 6.07) is 60.5. The molecular formula is C58H50N4. The zero-order valence-electron chi connectivity index (χ0n) is 35.8. The summed E-state index contributed by atoms with van der Waals surface area (Å²) in [5.41, 5.74) is 18.0. The lowest BCUT2D eigenvalue weighted by molar-refractivity contribution is 0.156. The smallest absolute Gasteiger partial charge is 0.162 e. The summed E-state index contributed by atoms with van der Waals surface area (Å²) in [6.07, 6.45) is 10.9. The van der Waals surface area contributed by atoms with Crippen LogP contribution < -0.4 is 10.2 Å². The minimum Gasteiger partial charge on any atom is -0.352 e. The summed E-state index contributed by atoms with van der Waals surface area (Å²) in [4.78, 5) is 5.12. The largest absolute Gasteiger partial charge is 0.352 e. The van der Waals surface area contributed by atoms with Gasteiger partial charge in [0.2, 0.25) is 0 Å². The Morgan fingerprint density at radius 3 is 2.31 bits per heavy atom. The summed E-state index contributed by atoms with van der Waals surface area (Å²) in [6.45, 7) is 7.09. The number of aryl methyl sites for hydroxylation is 1. The summed E-state index contributed by atoms with van der Waals surface area (Å²) in [5.74, 6) is 0.553. The highest BCUT2D eigenvalue weighted by Crippen LogP contribution is 2.56. The third-order valence-electron chi connectivity index (χ3n) is 14.5. The summed E-state index contributed by atoms with van der Waals surface area (Å²) in [5, 5.41) is 7.93. The molecule has 0 saturated carbocycles. The third-order valence-corrected chi connectivity index (χ3v) is 14.5. The van der Waals surface area contributed by atoms with E-state index in [9.17, 15) is 0 Å². The number of nitrogens with one attached hydrogen (secondary N) is 1. The molecule has 3 heterocycles. The van der Waals surface area contributed by atoms with Crippen LogP contribution in [0, 0.1) is 12.8 Å². The fraction of sp³-hybridized carbons (Fsp3) is 0.172. The molecule has 0 saturated heterocycles. The topological polar surface area (TPSA) is 23.4 Å². The molecule has 5 unspecified atom stereocenters. The van der Waals surface area contributed by atoms with Crippen molar-refractivity contribution in [3.8, 4) is 11.1 Å². The van der Waals surface area contributed by atoms with Crippen molar-refractivity contribution in [2.24, 2.45) is 5.92 Å². The molecule has 2 aliphatic heterocycles. The third kappa shape index (κ3) is 5.56. The first kappa shape index (κ1) is 36.9. The zero-order valence-corrected chi connectivity index (χ0v) is 35.8. The first-order valence-corrected chi connectivity index (χ1v) is 22.2. The van der Waals surface area contributed by atoms with Gasteiger partial charge in [-0.15, -0.1) is 0 Å². The van der Waals surface area contributed by atoms with Gasteiger partial charge < -0.3 is 14.8 Å². The van der Waals surface area contributed by atoms with Crippen molar-refractivity contribution in [2.45, 2.75) is 51.0 Å². The Balaban J connectivity index is 0.964. The van der Waals surface area contributed by atoms with E-state index in [0.717, 1.165) is 6.42 Å². The van der Waals surface area contributed by atoms with E-state index in [1.165, 1.54) is 94.5 Å². The molecule has 0 spiro atoms. The van der Waals surface area contributed by atoms with Crippen LogP contribution in [0.25, 0.3) is 38.9 Å². The van der Waals surface area contributed by atoms with Crippen LogP contribution in [-0.2, 0) is 6.42 Å². The molecule has 62 heavy (non-hydrogen) atoms. The predicted molar refractivity (Wildman–Crippen MR) is 259 cm³/mol. The number of allylic oxidation sites excluding steroid dienone is 3. The molecule has 0 fully saturated rings. The SMILES string of the molecule is Cc1cc(C2c3ccccc3NC(n3c4c(c5ccccc53)CC(C)C(C3=CC5c6ccccc6N(c6ccc7ccccc7c6)C5(C)C=C3)=C4)N2C)ccc1-c1ccccc1. The zero-order chi connectivity index (χ0) is 41.7. The van der Waals surface area contributed by atoms with Gasteiger partial charge in [0.15, 0.2) is 6.29 Å². The van der Waals surface area contributed by atoms with Crippen molar-refractivity contribution < 1.29 is 0 Å². The highest BCUT2D eigenvalue weighted by Gasteiger charge is 2.48. The van der Waals surface area contributed by atoms with E-state index in [0.29, 0.717) is 5.92 Å². The quantitative estimate of drug-likeness (QED) is 0.187. The predicted octanol–water partition coefficient (Wildman–Crippen LogP) is 14.1. The molecule has 302 valence electrons. The minimum atomic E-state index is -0.247. The van der Waals surface area contributed by atoms with Crippen molar-refractivity contribution in [1.82, 2.24) is 9.47 Å². The van der Waals surface area contributed by atoms with Crippen LogP contribution in [0.5, 0.6) is 0 Å². The number of nitrogens with zero attached hydrogens (tertiary/aromatic N) is 3. The standard InChI is InChI=1S/C58H50N4/c1-37-32-43(27-29-45(37)40-17-6-5-7-18-40)56-48-22-10-13-23-52(48)59-57(60(56)4)61-53-24-14-11-20-46(53)50-33-38(2)49(36-55(50)61)42-30-31-58(3)51(35-42)47-21-12-15-25-54(47)62(58)44-28-26-39-16-8-9-19-41(39)34-44/h5-32,34-36,38,51,56-57,59H,33H2,1-4H3. The van der Waals surface area contributed by atoms with Gasteiger partial charge in [-0.05, 0) is 131 Å². The summed E-state index contributed by atoms with van der Waals surface area (Å²) in [7, 11) is 2.29. The monoisotopic (exact) mass is 802 g/mol. The van der Waals surface area contributed by atoms with E-state index in [-0.39, 0.29) is 23.8 Å². The molecule has 4 heteroatoms. The maximum atomic E-state index is 4.05. The lowest BCUT2D eigenvalue weighted by Crippen LogP contribution is -2.42. The minimum absolute atomic E-state index is 0.0541. The maximum Gasteiger partial charge on any atom is 0.162 e. The lowest BCUT2D eigenvalue weighted by atomic mass is 9.74. The Labute approximate surface area is 364 Å². The van der Waals surface area contributed by atoms with E-state index in [4.69, 9.17) is 0 Å². The van der Waals surface area contributed by atoms with Crippen LogP contribution in [0.1, 0.15) is 65.6 Å². The first-order valence-electron chi connectivity index (χ1n) is 22.2. The molecule has 0 radical (unpaired) electrons. The Morgan fingerprint density at radius 2 is 1.45 bits per heavy atom. The van der Waals surface area contributed by atoms with E-state index in [1.807, 2.05) is 0 Å². The average molecular weight is 803 g/mol. The molecule has 0 bridgehead atoms. The fourth-order valence-corrected chi connectivity index (χ4v) is 11.5. The number of hydrogen-bond donors (Lipinski definition) is 1. The van der Waals surface area contributed by atoms with Crippen molar-refractivity contribution in [3.05, 3.63) is 227 Å². The molecule has 2 aliphatic carbocycles. The molecule has 7 aromatic carbocycles. The molecule has 8 aromatic rings. The van der Waals surface area contributed by atoms with E-state index < -0.39 is 0 Å². The van der Waals surface area contributed by atoms with Gasteiger partial charge in [0.05, 0.1) is 17.1 Å². The van der Waals surface area contributed by atoms with Crippen molar-refractivity contribution in [1.29, 1.82) is 0 Å². The highest BCUT2D eigenvalue weighted by molar-refractivity contribution is 5.91. The fourth-order valence-electron chi connectivity index (χ4n) is 11.5. The van der Waals surface area contributed by atoms with Gasteiger partial charge in [-0.1, -0.05) is 159 Å². The normalized spacial score (nSPS) is 22.7. The van der Waals surface area contributed by atoms with Crippen LogP contribution in [-0.4, -0.2) is 22.1 Å². The highest BCUT2D eigenvalue weighted by atomic mass is 15.4. The number of hydrogen-bond acceptors (Lipinski definition) is 3. The molecular weight excluding hydrogens is 753 g/mol. The van der Waals surface area contributed by atoms with E-state index in [1.54, 1.807) is 0 Å². The second-order valence-electron chi connectivity index (χ2n) is 18.2. The van der Waals surface area contributed by atoms with Crippen molar-refractivity contribution >= 4 is 44.8 Å². The van der Waals surface area contributed by atoms with Gasteiger partial charge in [-0.25, -0.2) is 0 Å². The Morgan fingerprint density at radius 1 is 0.710 bits per heavy atom. The second-order valence-corrected chi connectivity index (χ2v) is 18.2. The van der Waals surface area contributed by atoms with E-state index in [2.05, 4.69) is 236 Å². The molecule has 5 atom stereocenters. The first-order chi connectivity index (χ1) is 30.4. The molecule has 4 aliphatic rings. The lowest BCUT2D eigenvalue weighted by Gasteiger charge is -2.44. The maximum absolute atomic E-state index is 4.05. The Hall–Kier alpha value is -6.88. The van der Waals surface area contributed by atoms with Gasteiger partial charge in [0, 0.05) is 34.1 Å². The van der Waals surface area contributed by atoms with Crippen LogP contribution in [0.2, 0.25) is 0 Å². The number of para-hydroxylation sites is 3. The van der Waals surface area contributed by atoms with Gasteiger partial charge >= 0.3 is 0 Å².